The van der Waals surface area contributed by atoms with E-state index in [4.69, 9.17) is 10.2 Å². The van der Waals surface area contributed by atoms with Gasteiger partial charge in [-0.3, -0.25) is 9.36 Å². The molecule has 2 aromatic rings. The predicted molar refractivity (Wildman–Crippen MR) is 55.3 cm³/mol. The van der Waals surface area contributed by atoms with Crippen LogP contribution < -0.4 is 10.6 Å². The van der Waals surface area contributed by atoms with E-state index in [9.17, 15) is 4.79 Å². The Hall–Kier alpha value is -1.33. The monoisotopic (exact) mass is 210 g/mol. The van der Waals surface area contributed by atoms with Gasteiger partial charge in [-0.15, -0.1) is 0 Å². The van der Waals surface area contributed by atoms with Gasteiger partial charge in [-0.05, 0) is 12.1 Å². The quantitative estimate of drug-likeness (QED) is 0.826. The van der Waals surface area contributed by atoms with Crippen molar-refractivity contribution in [2.24, 2.45) is 5.73 Å². The second-order valence-electron chi connectivity index (χ2n) is 2.80. The van der Waals surface area contributed by atoms with E-state index in [0.717, 1.165) is 17.0 Å². The highest BCUT2D eigenvalue weighted by Crippen LogP contribution is 2.19. The highest BCUT2D eigenvalue weighted by molar-refractivity contribution is 7.07. The summed E-state index contributed by atoms with van der Waals surface area (Å²) in [6.45, 7) is 0.975. The zero-order chi connectivity index (χ0) is 9.97. The highest BCUT2D eigenvalue weighted by Gasteiger charge is 2.09. The summed E-state index contributed by atoms with van der Waals surface area (Å²) in [6, 6.07) is 3.62. The molecule has 0 aliphatic heterocycles. The first-order valence-electron chi connectivity index (χ1n) is 4.25. The molecule has 2 N–H and O–H groups in total. The van der Waals surface area contributed by atoms with Gasteiger partial charge in [0.1, 0.15) is 0 Å². The first-order valence-corrected chi connectivity index (χ1v) is 5.13. The third kappa shape index (κ3) is 1.51. The molecule has 5 heteroatoms. The number of nitrogens with zero attached hydrogens (tertiary/aromatic N) is 1. The van der Waals surface area contributed by atoms with Gasteiger partial charge in [0.2, 0.25) is 0 Å². The maximum atomic E-state index is 11.4. The van der Waals surface area contributed by atoms with Gasteiger partial charge in [0, 0.05) is 18.5 Å². The van der Waals surface area contributed by atoms with E-state index in [-0.39, 0.29) is 4.87 Å². The van der Waals surface area contributed by atoms with Gasteiger partial charge in [-0.2, -0.15) is 0 Å². The van der Waals surface area contributed by atoms with Crippen molar-refractivity contribution in [1.29, 1.82) is 0 Å². The van der Waals surface area contributed by atoms with E-state index in [2.05, 4.69) is 0 Å². The third-order valence-corrected chi connectivity index (χ3v) is 2.67. The normalized spacial score (nSPS) is 10.6. The molecule has 14 heavy (non-hydrogen) atoms. The van der Waals surface area contributed by atoms with Crippen LogP contribution in [0.2, 0.25) is 0 Å². The average molecular weight is 210 g/mol. The molecule has 0 radical (unpaired) electrons. The standard InChI is InChI=1S/C9H10N2O2S/c10-3-4-11-7(6-14-9(11)12)8-2-1-5-13-8/h1-2,5-6H,3-4,10H2. The van der Waals surface area contributed by atoms with Crippen LogP contribution in [0.4, 0.5) is 0 Å². The number of hydrogen-bond donors (Lipinski definition) is 1. The summed E-state index contributed by atoms with van der Waals surface area (Å²) in [5.74, 6) is 0.705. The molecule has 0 saturated heterocycles. The van der Waals surface area contributed by atoms with E-state index in [1.807, 2.05) is 6.07 Å². The summed E-state index contributed by atoms with van der Waals surface area (Å²) >= 11 is 1.16. The molecule has 2 aromatic heterocycles. The van der Waals surface area contributed by atoms with Crippen molar-refractivity contribution in [3.8, 4) is 11.5 Å². The molecule has 0 bridgehead atoms. The number of thiazole rings is 1. The average Bonchev–Trinajstić information content (AvgIpc) is 2.77. The molecule has 0 amide bonds. The summed E-state index contributed by atoms with van der Waals surface area (Å²) in [5, 5.41) is 1.79. The maximum absolute atomic E-state index is 11.4. The van der Waals surface area contributed by atoms with Crippen LogP contribution in [0.15, 0.2) is 33.0 Å². The van der Waals surface area contributed by atoms with Crippen LogP contribution >= 0.6 is 11.3 Å². The van der Waals surface area contributed by atoms with Crippen molar-refractivity contribution in [1.82, 2.24) is 4.57 Å². The SMILES string of the molecule is NCCn1c(-c2ccco2)csc1=O. The Morgan fingerprint density at radius 2 is 2.43 bits per heavy atom. The van der Waals surface area contributed by atoms with Crippen LogP contribution in [0.25, 0.3) is 11.5 Å². The van der Waals surface area contributed by atoms with Gasteiger partial charge in [-0.25, -0.2) is 0 Å². The third-order valence-electron chi connectivity index (χ3n) is 1.91. The van der Waals surface area contributed by atoms with Crippen molar-refractivity contribution in [3.63, 3.8) is 0 Å². The van der Waals surface area contributed by atoms with E-state index in [1.54, 1.807) is 22.3 Å². The number of hydrogen-bond acceptors (Lipinski definition) is 4. The molecule has 0 aromatic carbocycles. The summed E-state index contributed by atoms with van der Waals surface area (Å²) in [4.78, 5) is 11.4. The predicted octanol–water partition coefficient (Wildman–Crippen LogP) is 1.13. The molecule has 0 aliphatic carbocycles. The molecule has 0 unspecified atom stereocenters. The molecule has 0 aliphatic rings. The Morgan fingerprint density at radius 1 is 1.57 bits per heavy atom. The lowest BCUT2D eigenvalue weighted by molar-refractivity contribution is 0.570. The molecular weight excluding hydrogens is 200 g/mol. The summed E-state index contributed by atoms with van der Waals surface area (Å²) in [7, 11) is 0. The zero-order valence-electron chi connectivity index (χ0n) is 7.47. The van der Waals surface area contributed by atoms with Crippen LogP contribution in [0.3, 0.4) is 0 Å². The first kappa shape index (κ1) is 9.23. The van der Waals surface area contributed by atoms with Gasteiger partial charge >= 0.3 is 4.87 Å². The van der Waals surface area contributed by atoms with Crippen LogP contribution in [0, 0.1) is 0 Å². The van der Waals surface area contributed by atoms with Crippen molar-refractivity contribution < 1.29 is 4.42 Å². The molecule has 0 atom stereocenters. The number of nitrogens with two attached hydrogens (primary N) is 1. The minimum Gasteiger partial charge on any atom is -0.463 e. The zero-order valence-corrected chi connectivity index (χ0v) is 8.29. The lowest BCUT2D eigenvalue weighted by atomic mass is 10.3. The van der Waals surface area contributed by atoms with E-state index < -0.39 is 0 Å². The summed E-state index contributed by atoms with van der Waals surface area (Å²) in [5.41, 5.74) is 6.23. The van der Waals surface area contributed by atoms with E-state index in [1.165, 1.54) is 0 Å². The molecule has 4 nitrogen and oxygen atoms in total. The molecule has 74 valence electrons. The van der Waals surface area contributed by atoms with Crippen LogP contribution in [0.1, 0.15) is 0 Å². The van der Waals surface area contributed by atoms with Crippen LogP contribution in [0.5, 0.6) is 0 Å². The topological polar surface area (TPSA) is 61.2 Å². The molecular formula is C9H10N2O2S. The lowest BCUT2D eigenvalue weighted by Gasteiger charge is -2.02. The van der Waals surface area contributed by atoms with Crippen LogP contribution in [-0.2, 0) is 6.54 Å². The van der Waals surface area contributed by atoms with E-state index >= 15 is 0 Å². The fourth-order valence-corrected chi connectivity index (χ4v) is 2.06. The second kappa shape index (κ2) is 3.81. The Kier molecular flexibility index (Phi) is 2.51. The Balaban J connectivity index is 2.48. The minimum atomic E-state index is 0.00171. The van der Waals surface area contributed by atoms with Gasteiger partial charge in [0.15, 0.2) is 5.76 Å². The van der Waals surface area contributed by atoms with Gasteiger partial charge in [0.05, 0.1) is 12.0 Å². The van der Waals surface area contributed by atoms with Crippen molar-refractivity contribution in [3.05, 3.63) is 33.4 Å². The second-order valence-corrected chi connectivity index (χ2v) is 3.63. The maximum Gasteiger partial charge on any atom is 0.307 e. The van der Waals surface area contributed by atoms with Crippen molar-refractivity contribution in [2.45, 2.75) is 6.54 Å². The number of furan rings is 1. The Labute approximate surface area is 84.6 Å². The molecule has 2 heterocycles. The lowest BCUT2D eigenvalue weighted by Crippen LogP contribution is -2.19. The van der Waals surface area contributed by atoms with Gasteiger partial charge < -0.3 is 10.2 Å². The molecule has 0 saturated carbocycles. The van der Waals surface area contributed by atoms with Crippen molar-refractivity contribution >= 4 is 11.3 Å². The van der Waals surface area contributed by atoms with Crippen molar-refractivity contribution in [2.75, 3.05) is 6.54 Å². The fraction of sp³-hybridized carbons (Fsp3) is 0.222. The summed E-state index contributed by atoms with van der Waals surface area (Å²) in [6.07, 6.45) is 1.59. The van der Waals surface area contributed by atoms with Gasteiger partial charge in [0.25, 0.3) is 0 Å². The van der Waals surface area contributed by atoms with E-state index in [0.29, 0.717) is 18.8 Å². The number of rotatable bonds is 3. The highest BCUT2D eigenvalue weighted by atomic mass is 32.1. The molecule has 2 rings (SSSR count). The van der Waals surface area contributed by atoms with Gasteiger partial charge in [-0.1, -0.05) is 11.3 Å². The van der Waals surface area contributed by atoms with Crippen LogP contribution in [-0.4, -0.2) is 11.1 Å². The first-order chi connectivity index (χ1) is 6.83. The number of aromatic nitrogens is 1. The largest absolute Gasteiger partial charge is 0.463 e. The molecule has 0 spiro atoms. The molecule has 0 fully saturated rings. The Bertz CT molecular complexity index is 455. The summed E-state index contributed by atoms with van der Waals surface area (Å²) < 4.78 is 6.85. The minimum absolute atomic E-state index is 0.00171. The fourth-order valence-electron chi connectivity index (χ4n) is 1.29. The smallest absolute Gasteiger partial charge is 0.307 e. The Morgan fingerprint density at radius 3 is 3.07 bits per heavy atom.